The van der Waals surface area contributed by atoms with E-state index in [0.29, 0.717) is 5.92 Å². The molecule has 0 atom stereocenters. The zero-order chi connectivity index (χ0) is 19.3. The van der Waals surface area contributed by atoms with Gasteiger partial charge in [0.05, 0.1) is 12.2 Å². The number of nitrogens with one attached hydrogen (secondary N) is 2. The molecular weight excluding hydrogens is 384 g/mol. The molecule has 0 unspecified atom stereocenters. The van der Waals surface area contributed by atoms with Gasteiger partial charge in [-0.05, 0) is 43.7 Å². The van der Waals surface area contributed by atoms with Crippen molar-refractivity contribution in [2.24, 2.45) is 5.92 Å². The maximum Gasteiger partial charge on any atom is 0.236 e. The smallest absolute Gasteiger partial charge is 0.236 e. The topological polar surface area (TPSA) is 101 Å². The first-order valence-corrected chi connectivity index (χ1v) is 11.6. The van der Waals surface area contributed by atoms with E-state index in [1.54, 1.807) is 12.4 Å². The molecule has 7 nitrogen and oxygen atoms in total. The van der Waals surface area contributed by atoms with Gasteiger partial charge in [0, 0.05) is 29.4 Å². The summed E-state index contributed by atoms with van der Waals surface area (Å²) in [5.41, 5.74) is 1.76. The average Bonchev–Trinajstić information content (AvgIpc) is 3.11. The van der Waals surface area contributed by atoms with Crippen LogP contribution < -0.4 is 10.0 Å². The van der Waals surface area contributed by atoms with E-state index in [2.05, 4.69) is 26.9 Å². The van der Waals surface area contributed by atoms with Crippen molar-refractivity contribution in [2.75, 3.05) is 5.75 Å². The van der Waals surface area contributed by atoms with Gasteiger partial charge < -0.3 is 5.32 Å². The standard InChI is InChI=1S/C18H24N4O3S2/c1-13-2-4-15(5-3-13)22-27(24,25)12-17(23)20-10-18-21-16(11-26-18)14-6-8-19-9-7-14/h6-9,11,13,15,22H,2-5,10,12H2,1H3,(H,20,23). The number of thiazole rings is 1. The van der Waals surface area contributed by atoms with E-state index in [1.165, 1.54) is 11.3 Å². The quantitative estimate of drug-likeness (QED) is 0.732. The molecule has 2 aromatic rings. The molecule has 9 heteroatoms. The van der Waals surface area contributed by atoms with Crippen molar-refractivity contribution in [3.05, 3.63) is 34.9 Å². The molecule has 146 valence electrons. The minimum Gasteiger partial charge on any atom is -0.349 e. The van der Waals surface area contributed by atoms with E-state index < -0.39 is 21.7 Å². The van der Waals surface area contributed by atoms with Gasteiger partial charge in [-0.1, -0.05) is 6.92 Å². The molecule has 0 spiro atoms. The van der Waals surface area contributed by atoms with Crippen molar-refractivity contribution in [3.63, 3.8) is 0 Å². The molecule has 1 amide bonds. The number of sulfonamides is 1. The molecule has 0 saturated heterocycles. The van der Waals surface area contributed by atoms with Crippen LogP contribution in [0.4, 0.5) is 0 Å². The summed E-state index contributed by atoms with van der Waals surface area (Å²) in [5, 5.41) is 5.27. The molecule has 0 aromatic carbocycles. The maximum atomic E-state index is 12.2. The third-order valence-corrected chi connectivity index (χ3v) is 6.83. The Kier molecular flexibility index (Phi) is 6.56. The van der Waals surface area contributed by atoms with Crippen molar-refractivity contribution >= 4 is 27.3 Å². The van der Waals surface area contributed by atoms with Crippen LogP contribution >= 0.6 is 11.3 Å². The zero-order valence-corrected chi connectivity index (χ0v) is 16.9. The second kappa shape index (κ2) is 8.90. The molecule has 3 rings (SSSR count). The molecule has 1 saturated carbocycles. The Hall–Kier alpha value is -1.84. The number of nitrogens with zero attached hydrogens (tertiary/aromatic N) is 2. The fourth-order valence-electron chi connectivity index (χ4n) is 3.12. The predicted octanol–water partition coefficient (Wildman–Crippen LogP) is 2.32. The lowest BCUT2D eigenvalue weighted by molar-refractivity contribution is -0.118. The molecular formula is C18H24N4O3S2. The Bertz CT molecular complexity index is 860. The fraction of sp³-hybridized carbons (Fsp3) is 0.500. The van der Waals surface area contributed by atoms with Crippen LogP contribution in [-0.2, 0) is 21.4 Å². The zero-order valence-electron chi connectivity index (χ0n) is 15.2. The highest BCUT2D eigenvalue weighted by atomic mass is 32.2. The summed E-state index contributed by atoms with van der Waals surface area (Å²) in [6.07, 6.45) is 7.09. The highest BCUT2D eigenvalue weighted by Crippen LogP contribution is 2.24. The number of carbonyl (C=O) groups is 1. The first-order chi connectivity index (χ1) is 12.9. The normalized spacial score (nSPS) is 20.3. The summed E-state index contributed by atoms with van der Waals surface area (Å²) in [6, 6.07) is 3.67. The first kappa shape index (κ1) is 19.9. The second-order valence-electron chi connectivity index (χ2n) is 6.97. The molecule has 1 aliphatic rings. The minimum absolute atomic E-state index is 0.0547. The average molecular weight is 409 g/mol. The van der Waals surface area contributed by atoms with Gasteiger partial charge in [-0.25, -0.2) is 18.1 Å². The highest BCUT2D eigenvalue weighted by Gasteiger charge is 2.24. The Morgan fingerprint density at radius 3 is 2.63 bits per heavy atom. The molecule has 2 heterocycles. The number of rotatable bonds is 7. The van der Waals surface area contributed by atoms with Crippen molar-refractivity contribution < 1.29 is 13.2 Å². The highest BCUT2D eigenvalue weighted by molar-refractivity contribution is 7.90. The largest absolute Gasteiger partial charge is 0.349 e. The SMILES string of the molecule is CC1CCC(NS(=O)(=O)CC(=O)NCc2nc(-c3ccncc3)cs2)CC1. The fourth-order valence-corrected chi connectivity index (χ4v) is 5.14. The number of amides is 1. The Morgan fingerprint density at radius 2 is 1.93 bits per heavy atom. The molecule has 0 aliphatic heterocycles. The Balaban J connectivity index is 1.47. The van der Waals surface area contributed by atoms with Crippen LogP contribution in [0.15, 0.2) is 29.9 Å². The summed E-state index contributed by atoms with van der Waals surface area (Å²) in [6.45, 7) is 2.39. The lowest BCUT2D eigenvalue weighted by Crippen LogP contribution is -2.42. The third-order valence-electron chi connectivity index (χ3n) is 4.65. The van der Waals surface area contributed by atoms with Crippen LogP contribution in [0.2, 0.25) is 0 Å². The van der Waals surface area contributed by atoms with Crippen LogP contribution in [0.25, 0.3) is 11.3 Å². The summed E-state index contributed by atoms with van der Waals surface area (Å²) < 4.78 is 27.1. The van der Waals surface area contributed by atoms with Crippen LogP contribution in [0.1, 0.15) is 37.6 Å². The third kappa shape index (κ3) is 6.08. The van der Waals surface area contributed by atoms with Crippen molar-refractivity contribution in [2.45, 2.75) is 45.2 Å². The van der Waals surface area contributed by atoms with E-state index in [0.717, 1.165) is 41.9 Å². The Labute approximate surface area is 163 Å². The van der Waals surface area contributed by atoms with Gasteiger partial charge in [-0.3, -0.25) is 9.78 Å². The van der Waals surface area contributed by atoms with E-state index in [9.17, 15) is 13.2 Å². The lowest BCUT2D eigenvalue weighted by atomic mass is 9.88. The van der Waals surface area contributed by atoms with Crippen LogP contribution in [0, 0.1) is 5.92 Å². The van der Waals surface area contributed by atoms with Crippen LogP contribution in [0.3, 0.4) is 0 Å². The lowest BCUT2D eigenvalue weighted by Gasteiger charge is -2.26. The predicted molar refractivity (Wildman–Crippen MR) is 106 cm³/mol. The van der Waals surface area contributed by atoms with Crippen molar-refractivity contribution in [1.29, 1.82) is 0 Å². The van der Waals surface area contributed by atoms with E-state index in [1.807, 2.05) is 17.5 Å². The van der Waals surface area contributed by atoms with E-state index in [-0.39, 0.29) is 12.6 Å². The summed E-state index contributed by atoms with van der Waals surface area (Å²) >= 11 is 1.42. The molecule has 2 N–H and O–H groups in total. The van der Waals surface area contributed by atoms with E-state index in [4.69, 9.17) is 0 Å². The van der Waals surface area contributed by atoms with Crippen LogP contribution in [0.5, 0.6) is 0 Å². The number of pyridine rings is 1. The van der Waals surface area contributed by atoms with Gasteiger partial charge >= 0.3 is 0 Å². The van der Waals surface area contributed by atoms with Gasteiger partial charge in [0.2, 0.25) is 15.9 Å². The number of aromatic nitrogens is 2. The van der Waals surface area contributed by atoms with Gasteiger partial charge in [0.25, 0.3) is 0 Å². The molecule has 27 heavy (non-hydrogen) atoms. The number of carbonyl (C=O) groups excluding carboxylic acids is 1. The van der Waals surface area contributed by atoms with Gasteiger partial charge in [-0.2, -0.15) is 0 Å². The number of hydrogen-bond donors (Lipinski definition) is 2. The molecule has 2 aromatic heterocycles. The summed E-state index contributed by atoms with van der Waals surface area (Å²) in [4.78, 5) is 20.5. The summed E-state index contributed by atoms with van der Waals surface area (Å²) in [5.74, 6) is -0.432. The Morgan fingerprint density at radius 1 is 1.22 bits per heavy atom. The van der Waals surface area contributed by atoms with Crippen molar-refractivity contribution in [1.82, 2.24) is 20.0 Å². The van der Waals surface area contributed by atoms with E-state index >= 15 is 0 Å². The van der Waals surface area contributed by atoms with Gasteiger partial charge in [0.15, 0.2) is 0 Å². The van der Waals surface area contributed by atoms with Gasteiger partial charge in [0.1, 0.15) is 10.8 Å². The van der Waals surface area contributed by atoms with Crippen molar-refractivity contribution in [3.8, 4) is 11.3 Å². The summed E-state index contributed by atoms with van der Waals surface area (Å²) in [7, 11) is -3.63. The maximum absolute atomic E-state index is 12.2. The molecule has 1 aliphatic carbocycles. The first-order valence-electron chi connectivity index (χ1n) is 9.03. The monoisotopic (exact) mass is 408 g/mol. The number of hydrogen-bond acceptors (Lipinski definition) is 6. The van der Waals surface area contributed by atoms with Crippen LogP contribution in [-0.4, -0.2) is 36.1 Å². The second-order valence-corrected chi connectivity index (χ2v) is 9.67. The molecule has 1 fully saturated rings. The molecule has 0 bridgehead atoms. The minimum atomic E-state index is -3.63. The van der Waals surface area contributed by atoms with Gasteiger partial charge in [-0.15, -0.1) is 11.3 Å². The molecule has 0 radical (unpaired) electrons.